The molecule has 0 aromatic heterocycles. The van der Waals surface area contributed by atoms with Crippen molar-refractivity contribution in [2.75, 3.05) is 26.0 Å². The number of ether oxygens (including phenoxy) is 2. The number of nitrogen functional groups attached to an aromatic ring is 1. The quantitative estimate of drug-likeness (QED) is 0.787. The van der Waals surface area contributed by atoms with Crippen molar-refractivity contribution in [3.63, 3.8) is 0 Å². The van der Waals surface area contributed by atoms with E-state index in [2.05, 4.69) is 5.32 Å². The van der Waals surface area contributed by atoms with Crippen LogP contribution in [-0.2, 0) is 4.74 Å². The molecule has 0 saturated carbocycles. The molecule has 3 N–H and O–H groups in total. The van der Waals surface area contributed by atoms with Crippen LogP contribution in [0.4, 0.5) is 5.69 Å². The monoisotopic (exact) mass is 250 g/mol. The molecule has 5 nitrogen and oxygen atoms in total. The highest BCUT2D eigenvalue weighted by Gasteiger charge is 2.18. The van der Waals surface area contributed by atoms with Crippen molar-refractivity contribution in [2.24, 2.45) is 0 Å². The van der Waals surface area contributed by atoms with E-state index < -0.39 is 0 Å². The van der Waals surface area contributed by atoms with Crippen LogP contribution in [0.1, 0.15) is 23.2 Å². The van der Waals surface area contributed by atoms with Gasteiger partial charge in [0.05, 0.1) is 18.8 Å². The van der Waals surface area contributed by atoms with Crippen molar-refractivity contribution >= 4 is 11.6 Å². The van der Waals surface area contributed by atoms with Gasteiger partial charge in [-0.3, -0.25) is 4.79 Å². The second kappa shape index (κ2) is 5.73. The fourth-order valence-corrected chi connectivity index (χ4v) is 2.01. The molecule has 0 bridgehead atoms. The number of nitrogens with one attached hydrogen (secondary N) is 1. The minimum atomic E-state index is -0.186. The van der Waals surface area contributed by atoms with Crippen LogP contribution in [0.3, 0.4) is 0 Å². The number of hydrogen-bond acceptors (Lipinski definition) is 4. The van der Waals surface area contributed by atoms with Gasteiger partial charge in [-0.15, -0.1) is 0 Å². The van der Waals surface area contributed by atoms with E-state index in [0.717, 1.165) is 19.4 Å². The molecule has 1 aromatic rings. The number of methoxy groups -OCH3 is 1. The number of carbonyl (C=O) groups excluding carboxylic acids is 1. The molecule has 1 aromatic carbocycles. The van der Waals surface area contributed by atoms with Crippen LogP contribution in [-0.4, -0.2) is 32.3 Å². The Bertz CT molecular complexity index is 428. The molecule has 0 spiro atoms. The normalized spacial score (nSPS) is 18.6. The lowest BCUT2D eigenvalue weighted by atomic mass is 10.1. The van der Waals surface area contributed by atoms with Crippen LogP contribution in [0.5, 0.6) is 5.75 Å². The fraction of sp³-hybridized carbons (Fsp3) is 0.462. The SMILES string of the molecule is COc1ccc(N)cc1C(=O)NC[C@@H]1CCCO1. The van der Waals surface area contributed by atoms with E-state index in [0.29, 0.717) is 23.5 Å². The van der Waals surface area contributed by atoms with Gasteiger partial charge in [-0.05, 0) is 31.0 Å². The van der Waals surface area contributed by atoms with Crippen LogP contribution in [0.2, 0.25) is 0 Å². The molecular formula is C13H18N2O3. The molecule has 1 saturated heterocycles. The highest BCUT2D eigenvalue weighted by atomic mass is 16.5. The maximum atomic E-state index is 12.0. The summed E-state index contributed by atoms with van der Waals surface area (Å²) in [5, 5.41) is 2.84. The van der Waals surface area contributed by atoms with Crippen LogP contribution < -0.4 is 15.8 Å². The summed E-state index contributed by atoms with van der Waals surface area (Å²) < 4.78 is 10.6. The van der Waals surface area contributed by atoms with Gasteiger partial charge in [0.2, 0.25) is 0 Å². The first-order valence-corrected chi connectivity index (χ1v) is 6.04. The molecule has 2 rings (SSSR count). The van der Waals surface area contributed by atoms with Crippen molar-refractivity contribution in [1.29, 1.82) is 0 Å². The summed E-state index contributed by atoms with van der Waals surface area (Å²) in [5.41, 5.74) is 6.67. The molecule has 0 aliphatic carbocycles. The lowest BCUT2D eigenvalue weighted by molar-refractivity contribution is 0.0855. The maximum Gasteiger partial charge on any atom is 0.255 e. The van der Waals surface area contributed by atoms with Crippen molar-refractivity contribution in [3.05, 3.63) is 23.8 Å². The number of benzene rings is 1. The second-order valence-electron chi connectivity index (χ2n) is 4.30. The van der Waals surface area contributed by atoms with Gasteiger partial charge < -0.3 is 20.5 Å². The summed E-state index contributed by atoms with van der Waals surface area (Å²) in [7, 11) is 1.53. The van der Waals surface area contributed by atoms with Gasteiger partial charge >= 0.3 is 0 Å². The first-order chi connectivity index (χ1) is 8.70. The van der Waals surface area contributed by atoms with E-state index in [-0.39, 0.29) is 12.0 Å². The van der Waals surface area contributed by atoms with Gasteiger partial charge in [0, 0.05) is 18.8 Å². The van der Waals surface area contributed by atoms with Crippen molar-refractivity contribution in [1.82, 2.24) is 5.32 Å². The number of nitrogens with two attached hydrogens (primary N) is 1. The van der Waals surface area contributed by atoms with Crippen molar-refractivity contribution in [3.8, 4) is 5.75 Å². The minimum Gasteiger partial charge on any atom is -0.496 e. The third-order valence-electron chi connectivity index (χ3n) is 2.98. The summed E-state index contributed by atoms with van der Waals surface area (Å²) in [6, 6.07) is 5.01. The van der Waals surface area contributed by atoms with Crippen LogP contribution >= 0.6 is 0 Å². The van der Waals surface area contributed by atoms with Gasteiger partial charge in [0.15, 0.2) is 0 Å². The Kier molecular flexibility index (Phi) is 4.04. The maximum absolute atomic E-state index is 12.0. The molecule has 1 atom stereocenters. The Morgan fingerprint density at radius 2 is 2.44 bits per heavy atom. The number of anilines is 1. The largest absolute Gasteiger partial charge is 0.496 e. The molecule has 1 fully saturated rings. The van der Waals surface area contributed by atoms with Gasteiger partial charge in [0.1, 0.15) is 5.75 Å². The van der Waals surface area contributed by atoms with E-state index in [1.165, 1.54) is 7.11 Å². The zero-order chi connectivity index (χ0) is 13.0. The molecular weight excluding hydrogens is 232 g/mol. The predicted molar refractivity (Wildman–Crippen MR) is 68.7 cm³/mol. The smallest absolute Gasteiger partial charge is 0.255 e. The molecule has 1 amide bonds. The zero-order valence-electron chi connectivity index (χ0n) is 10.4. The average Bonchev–Trinajstić information content (AvgIpc) is 2.89. The van der Waals surface area contributed by atoms with Crippen LogP contribution in [0.15, 0.2) is 18.2 Å². The third-order valence-corrected chi connectivity index (χ3v) is 2.98. The molecule has 1 aliphatic rings. The van der Waals surface area contributed by atoms with Crippen molar-refractivity contribution in [2.45, 2.75) is 18.9 Å². The number of amides is 1. The number of hydrogen-bond donors (Lipinski definition) is 2. The molecule has 1 aliphatic heterocycles. The lowest BCUT2D eigenvalue weighted by Crippen LogP contribution is -2.32. The third kappa shape index (κ3) is 2.92. The second-order valence-corrected chi connectivity index (χ2v) is 4.30. The highest BCUT2D eigenvalue weighted by Crippen LogP contribution is 2.21. The molecule has 0 radical (unpaired) electrons. The Morgan fingerprint density at radius 3 is 3.11 bits per heavy atom. The van der Waals surface area contributed by atoms with Crippen LogP contribution in [0, 0.1) is 0 Å². The van der Waals surface area contributed by atoms with E-state index in [1.54, 1.807) is 18.2 Å². The first kappa shape index (κ1) is 12.7. The van der Waals surface area contributed by atoms with Gasteiger partial charge in [0.25, 0.3) is 5.91 Å². The summed E-state index contributed by atoms with van der Waals surface area (Å²) in [6.07, 6.45) is 2.18. The summed E-state index contributed by atoms with van der Waals surface area (Å²) >= 11 is 0. The van der Waals surface area contributed by atoms with E-state index >= 15 is 0 Å². The number of rotatable bonds is 4. The summed E-state index contributed by atoms with van der Waals surface area (Å²) in [6.45, 7) is 1.30. The summed E-state index contributed by atoms with van der Waals surface area (Å²) in [4.78, 5) is 12.0. The Morgan fingerprint density at radius 1 is 1.61 bits per heavy atom. The first-order valence-electron chi connectivity index (χ1n) is 6.04. The zero-order valence-corrected chi connectivity index (χ0v) is 10.4. The lowest BCUT2D eigenvalue weighted by Gasteiger charge is -2.13. The van der Waals surface area contributed by atoms with E-state index in [4.69, 9.17) is 15.2 Å². The molecule has 5 heteroatoms. The summed E-state index contributed by atoms with van der Waals surface area (Å²) in [5.74, 6) is 0.337. The molecule has 98 valence electrons. The Balaban J connectivity index is 2.00. The van der Waals surface area contributed by atoms with Gasteiger partial charge in [-0.2, -0.15) is 0 Å². The highest BCUT2D eigenvalue weighted by molar-refractivity contribution is 5.97. The van der Waals surface area contributed by atoms with Crippen LogP contribution in [0.25, 0.3) is 0 Å². The molecule has 1 heterocycles. The van der Waals surface area contributed by atoms with Gasteiger partial charge in [-0.25, -0.2) is 0 Å². The molecule has 0 unspecified atom stereocenters. The van der Waals surface area contributed by atoms with E-state index in [1.807, 2.05) is 0 Å². The van der Waals surface area contributed by atoms with Crippen molar-refractivity contribution < 1.29 is 14.3 Å². The Hall–Kier alpha value is -1.75. The van der Waals surface area contributed by atoms with E-state index in [9.17, 15) is 4.79 Å². The number of carbonyl (C=O) groups is 1. The Labute approximate surface area is 106 Å². The van der Waals surface area contributed by atoms with Gasteiger partial charge in [-0.1, -0.05) is 0 Å². The minimum absolute atomic E-state index is 0.126. The predicted octanol–water partition coefficient (Wildman–Crippen LogP) is 1.19. The molecule has 18 heavy (non-hydrogen) atoms. The fourth-order valence-electron chi connectivity index (χ4n) is 2.01. The average molecular weight is 250 g/mol. The topological polar surface area (TPSA) is 73.6 Å². The standard InChI is InChI=1S/C13H18N2O3/c1-17-12-5-4-9(14)7-11(12)13(16)15-8-10-3-2-6-18-10/h4-5,7,10H,2-3,6,8,14H2,1H3,(H,15,16)/t10-/m0/s1.